The van der Waals surface area contributed by atoms with Crippen molar-refractivity contribution in [3.63, 3.8) is 0 Å². The molecule has 0 radical (unpaired) electrons. The number of non-ortho nitro benzene ring substituents is 1. The van der Waals surface area contributed by atoms with Crippen molar-refractivity contribution in [2.45, 2.75) is 6.54 Å². The van der Waals surface area contributed by atoms with Crippen LogP contribution in [0.4, 0.5) is 5.69 Å². The SMILES string of the molecule is O=[N+]([O-])c1cc(Br)cc(CN2CCNCC2)c1. The Bertz CT molecular complexity index is 419. The average Bonchev–Trinajstić information content (AvgIpc) is 2.29. The second kappa shape index (κ2) is 5.57. The summed E-state index contributed by atoms with van der Waals surface area (Å²) < 4.78 is 0.761. The van der Waals surface area contributed by atoms with Crippen molar-refractivity contribution in [3.8, 4) is 0 Å². The number of hydrogen-bond acceptors (Lipinski definition) is 4. The fraction of sp³-hybridized carbons (Fsp3) is 0.455. The first kappa shape index (κ1) is 12.5. The lowest BCUT2D eigenvalue weighted by atomic mass is 10.2. The molecule has 1 fully saturated rings. The minimum Gasteiger partial charge on any atom is -0.314 e. The first-order valence-corrected chi connectivity index (χ1v) is 6.31. The standard InChI is InChI=1S/C11H14BrN3O2/c12-10-5-9(6-11(7-10)15(16)17)8-14-3-1-13-2-4-14/h5-7,13H,1-4,8H2. The smallest absolute Gasteiger partial charge is 0.270 e. The Kier molecular flexibility index (Phi) is 4.09. The maximum atomic E-state index is 10.8. The predicted molar refractivity (Wildman–Crippen MR) is 68.9 cm³/mol. The van der Waals surface area contributed by atoms with Crippen LogP contribution < -0.4 is 5.32 Å². The molecular weight excluding hydrogens is 286 g/mol. The second-order valence-corrected chi connectivity index (χ2v) is 5.02. The maximum Gasteiger partial charge on any atom is 0.270 e. The summed E-state index contributed by atoms with van der Waals surface area (Å²) >= 11 is 3.31. The highest BCUT2D eigenvalue weighted by molar-refractivity contribution is 9.10. The zero-order chi connectivity index (χ0) is 12.3. The van der Waals surface area contributed by atoms with Crippen LogP contribution in [0.1, 0.15) is 5.56 Å². The van der Waals surface area contributed by atoms with Crippen LogP contribution in [0.15, 0.2) is 22.7 Å². The molecule has 5 nitrogen and oxygen atoms in total. The van der Waals surface area contributed by atoms with Crippen LogP contribution >= 0.6 is 15.9 Å². The van der Waals surface area contributed by atoms with Crippen molar-refractivity contribution >= 4 is 21.6 Å². The number of halogens is 1. The van der Waals surface area contributed by atoms with Crippen LogP contribution in [0.25, 0.3) is 0 Å². The van der Waals surface area contributed by atoms with Gasteiger partial charge in [-0.2, -0.15) is 0 Å². The lowest BCUT2D eigenvalue weighted by molar-refractivity contribution is -0.385. The molecule has 1 aliphatic heterocycles. The Morgan fingerprint density at radius 2 is 2.06 bits per heavy atom. The van der Waals surface area contributed by atoms with Gasteiger partial charge in [-0.05, 0) is 11.6 Å². The Balaban J connectivity index is 2.11. The number of nitro benzene ring substituents is 1. The van der Waals surface area contributed by atoms with Crippen molar-refractivity contribution in [1.82, 2.24) is 10.2 Å². The van der Waals surface area contributed by atoms with Crippen LogP contribution in [-0.4, -0.2) is 36.0 Å². The van der Waals surface area contributed by atoms with Crippen molar-refractivity contribution in [2.75, 3.05) is 26.2 Å². The number of hydrogen-bond donors (Lipinski definition) is 1. The lowest BCUT2D eigenvalue weighted by Gasteiger charge is -2.27. The number of benzene rings is 1. The van der Waals surface area contributed by atoms with E-state index in [-0.39, 0.29) is 10.6 Å². The number of piperazine rings is 1. The zero-order valence-corrected chi connectivity index (χ0v) is 10.9. The van der Waals surface area contributed by atoms with Gasteiger partial charge < -0.3 is 5.32 Å². The normalized spacial score (nSPS) is 17.0. The van der Waals surface area contributed by atoms with E-state index in [2.05, 4.69) is 26.1 Å². The molecule has 2 rings (SSSR count). The summed E-state index contributed by atoms with van der Waals surface area (Å²) in [4.78, 5) is 12.7. The van der Waals surface area contributed by atoms with Crippen molar-refractivity contribution < 1.29 is 4.92 Å². The Morgan fingerprint density at radius 1 is 1.35 bits per heavy atom. The van der Waals surface area contributed by atoms with E-state index in [1.54, 1.807) is 6.07 Å². The molecule has 0 spiro atoms. The minimum absolute atomic E-state index is 0.143. The molecule has 0 amide bonds. The lowest BCUT2D eigenvalue weighted by Crippen LogP contribution is -2.42. The van der Waals surface area contributed by atoms with Crippen molar-refractivity contribution in [3.05, 3.63) is 38.3 Å². The van der Waals surface area contributed by atoms with E-state index in [1.165, 1.54) is 6.07 Å². The molecule has 0 aliphatic carbocycles. The summed E-state index contributed by atoms with van der Waals surface area (Å²) in [6, 6.07) is 5.11. The molecule has 6 heteroatoms. The minimum atomic E-state index is -0.355. The molecule has 92 valence electrons. The molecule has 0 saturated carbocycles. The first-order valence-electron chi connectivity index (χ1n) is 5.52. The molecule has 0 aromatic heterocycles. The molecule has 1 heterocycles. The summed E-state index contributed by atoms with van der Waals surface area (Å²) in [6.45, 7) is 4.70. The van der Waals surface area contributed by atoms with Gasteiger partial charge in [-0.3, -0.25) is 15.0 Å². The van der Waals surface area contributed by atoms with Gasteiger partial charge in [-0.25, -0.2) is 0 Å². The molecule has 0 atom stereocenters. The highest BCUT2D eigenvalue weighted by Gasteiger charge is 2.13. The number of nitro groups is 1. The maximum absolute atomic E-state index is 10.8. The number of nitrogens with zero attached hydrogens (tertiary/aromatic N) is 2. The van der Waals surface area contributed by atoms with E-state index in [0.717, 1.165) is 42.8 Å². The van der Waals surface area contributed by atoms with Crippen LogP contribution in [0.5, 0.6) is 0 Å². The highest BCUT2D eigenvalue weighted by Crippen LogP contribution is 2.22. The van der Waals surface area contributed by atoms with Crippen molar-refractivity contribution in [1.29, 1.82) is 0 Å². The summed E-state index contributed by atoms with van der Waals surface area (Å²) in [5.41, 5.74) is 1.12. The highest BCUT2D eigenvalue weighted by atomic mass is 79.9. The molecule has 1 aliphatic rings. The predicted octanol–water partition coefficient (Wildman–Crippen LogP) is 1.76. The number of rotatable bonds is 3. The van der Waals surface area contributed by atoms with Gasteiger partial charge in [0.15, 0.2) is 0 Å². The summed E-state index contributed by atoms with van der Waals surface area (Å²) in [7, 11) is 0. The topological polar surface area (TPSA) is 58.4 Å². The van der Waals surface area contributed by atoms with E-state index in [9.17, 15) is 10.1 Å². The van der Waals surface area contributed by atoms with Crippen LogP contribution in [0.3, 0.4) is 0 Å². The molecule has 0 bridgehead atoms. The van der Waals surface area contributed by atoms with Crippen LogP contribution in [0, 0.1) is 10.1 Å². The third-order valence-electron chi connectivity index (χ3n) is 2.77. The third-order valence-corrected chi connectivity index (χ3v) is 3.23. The van der Waals surface area contributed by atoms with E-state index >= 15 is 0 Å². The van der Waals surface area contributed by atoms with Gasteiger partial charge in [0, 0.05) is 49.3 Å². The largest absolute Gasteiger partial charge is 0.314 e. The Labute approximate surface area is 108 Å². The van der Waals surface area contributed by atoms with Crippen LogP contribution in [0.2, 0.25) is 0 Å². The summed E-state index contributed by atoms with van der Waals surface area (Å²) in [5, 5.41) is 14.0. The van der Waals surface area contributed by atoms with Crippen LogP contribution in [-0.2, 0) is 6.54 Å². The second-order valence-electron chi connectivity index (χ2n) is 4.10. The van der Waals surface area contributed by atoms with Gasteiger partial charge in [0.05, 0.1) is 4.92 Å². The molecule has 1 aromatic carbocycles. The van der Waals surface area contributed by atoms with E-state index < -0.39 is 0 Å². The summed E-state index contributed by atoms with van der Waals surface area (Å²) in [6.07, 6.45) is 0. The van der Waals surface area contributed by atoms with Gasteiger partial charge in [0.2, 0.25) is 0 Å². The quantitative estimate of drug-likeness (QED) is 0.682. The fourth-order valence-corrected chi connectivity index (χ4v) is 2.49. The van der Waals surface area contributed by atoms with Gasteiger partial charge in [-0.1, -0.05) is 15.9 Å². The van der Waals surface area contributed by atoms with Gasteiger partial charge >= 0.3 is 0 Å². The molecule has 17 heavy (non-hydrogen) atoms. The monoisotopic (exact) mass is 299 g/mol. The summed E-state index contributed by atoms with van der Waals surface area (Å²) in [5.74, 6) is 0. The van der Waals surface area contributed by atoms with E-state index in [4.69, 9.17) is 0 Å². The third kappa shape index (κ3) is 3.49. The van der Waals surface area contributed by atoms with Gasteiger partial charge in [0.25, 0.3) is 5.69 Å². The van der Waals surface area contributed by atoms with E-state index in [1.807, 2.05) is 6.07 Å². The molecular formula is C11H14BrN3O2. The van der Waals surface area contributed by atoms with Gasteiger partial charge in [0.1, 0.15) is 0 Å². The molecule has 1 saturated heterocycles. The Hall–Kier alpha value is -0.980. The van der Waals surface area contributed by atoms with Crippen molar-refractivity contribution in [2.24, 2.45) is 0 Å². The fourth-order valence-electron chi connectivity index (χ4n) is 1.96. The Morgan fingerprint density at radius 3 is 2.71 bits per heavy atom. The number of nitrogens with one attached hydrogen (secondary N) is 1. The van der Waals surface area contributed by atoms with E-state index in [0.29, 0.717) is 0 Å². The molecule has 0 unspecified atom stereocenters. The van der Waals surface area contributed by atoms with Gasteiger partial charge in [-0.15, -0.1) is 0 Å². The zero-order valence-electron chi connectivity index (χ0n) is 9.36. The average molecular weight is 300 g/mol. The first-order chi connectivity index (χ1) is 8.15. The molecule has 1 aromatic rings. The molecule has 1 N–H and O–H groups in total.